The zero-order valence-electron chi connectivity index (χ0n) is 13.7. The number of hydrogen-bond acceptors (Lipinski definition) is 4. The van der Waals surface area contributed by atoms with Crippen molar-refractivity contribution in [1.29, 1.82) is 0 Å². The van der Waals surface area contributed by atoms with E-state index in [9.17, 15) is 8.42 Å². The molecule has 1 rings (SSSR count). The molecule has 1 atom stereocenters. The van der Waals surface area contributed by atoms with Gasteiger partial charge in [-0.15, -0.1) is 0 Å². The summed E-state index contributed by atoms with van der Waals surface area (Å²) in [5.41, 5.74) is -0.0429. The monoisotopic (exact) mass is 316 g/mol. The zero-order chi connectivity index (χ0) is 16.1. The molecule has 0 aliphatic carbocycles. The van der Waals surface area contributed by atoms with E-state index in [4.69, 9.17) is 4.42 Å². The van der Waals surface area contributed by atoms with Gasteiger partial charge >= 0.3 is 0 Å². The molecule has 1 aromatic rings. The van der Waals surface area contributed by atoms with Crippen LogP contribution < -0.4 is 10.0 Å². The molecule has 0 aromatic carbocycles. The van der Waals surface area contributed by atoms with Crippen LogP contribution in [0, 0.1) is 0 Å². The van der Waals surface area contributed by atoms with Crippen LogP contribution in [-0.4, -0.2) is 20.0 Å². The van der Waals surface area contributed by atoms with Gasteiger partial charge in [0, 0.05) is 11.6 Å². The Morgan fingerprint density at radius 2 is 1.95 bits per heavy atom. The molecule has 2 N–H and O–H groups in total. The van der Waals surface area contributed by atoms with Crippen LogP contribution >= 0.6 is 0 Å². The Morgan fingerprint density at radius 3 is 2.52 bits per heavy atom. The van der Waals surface area contributed by atoms with Crippen LogP contribution in [0.1, 0.15) is 59.6 Å². The summed E-state index contributed by atoms with van der Waals surface area (Å²) < 4.78 is 32.5. The van der Waals surface area contributed by atoms with Crippen molar-refractivity contribution in [2.75, 3.05) is 0 Å². The minimum atomic E-state index is -3.57. The molecule has 0 aliphatic rings. The molecular weight excluding hydrogens is 288 g/mol. The molecule has 0 bridgehead atoms. The van der Waals surface area contributed by atoms with Crippen molar-refractivity contribution in [3.05, 3.63) is 17.9 Å². The van der Waals surface area contributed by atoms with E-state index in [1.54, 1.807) is 6.07 Å². The fourth-order valence-corrected chi connectivity index (χ4v) is 3.07. The molecule has 1 unspecified atom stereocenters. The Hall–Kier alpha value is -0.850. The van der Waals surface area contributed by atoms with E-state index in [0.717, 1.165) is 19.3 Å². The molecule has 6 heteroatoms. The van der Waals surface area contributed by atoms with E-state index in [1.807, 2.05) is 27.7 Å². The molecule has 0 amide bonds. The van der Waals surface area contributed by atoms with Gasteiger partial charge < -0.3 is 9.73 Å². The third-order valence-corrected chi connectivity index (χ3v) is 4.50. The standard InChI is InChI=1S/C15H28N2O3S/c1-6-7-8-12(2)17-21(18,19)14-10-9-13(20-14)11-16-15(3,4)5/h9-10,12,16-17H,6-8,11H2,1-5H3. The van der Waals surface area contributed by atoms with Crippen LogP contribution in [0.25, 0.3) is 0 Å². The van der Waals surface area contributed by atoms with Gasteiger partial charge in [-0.05, 0) is 46.2 Å². The summed E-state index contributed by atoms with van der Waals surface area (Å²) in [6, 6.07) is 3.12. The molecule has 1 aromatic heterocycles. The van der Waals surface area contributed by atoms with E-state index in [2.05, 4.69) is 17.0 Å². The van der Waals surface area contributed by atoms with Crippen molar-refractivity contribution < 1.29 is 12.8 Å². The first-order chi connectivity index (χ1) is 9.64. The summed E-state index contributed by atoms with van der Waals surface area (Å²) in [6.07, 6.45) is 2.88. The summed E-state index contributed by atoms with van der Waals surface area (Å²) in [5, 5.41) is 3.25. The topological polar surface area (TPSA) is 71.3 Å². The summed E-state index contributed by atoms with van der Waals surface area (Å²) in [6.45, 7) is 10.6. The second-order valence-electron chi connectivity index (χ2n) is 6.49. The first-order valence-corrected chi connectivity index (χ1v) is 8.98. The Labute approximate surface area is 128 Å². The second kappa shape index (κ2) is 7.42. The summed E-state index contributed by atoms with van der Waals surface area (Å²) in [4.78, 5) is 0. The van der Waals surface area contributed by atoms with Crippen LogP contribution in [-0.2, 0) is 16.6 Å². The number of hydrogen-bond donors (Lipinski definition) is 2. The van der Waals surface area contributed by atoms with E-state index in [1.165, 1.54) is 6.07 Å². The predicted octanol–water partition coefficient (Wildman–Crippen LogP) is 3.02. The molecule has 122 valence electrons. The van der Waals surface area contributed by atoms with Crippen LogP contribution in [0.2, 0.25) is 0 Å². The van der Waals surface area contributed by atoms with Crippen LogP contribution in [0.5, 0.6) is 0 Å². The third kappa shape index (κ3) is 6.63. The summed E-state index contributed by atoms with van der Waals surface area (Å²) in [5.74, 6) is 0.617. The van der Waals surface area contributed by atoms with Crippen molar-refractivity contribution in [3.8, 4) is 0 Å². The van der Waals surface area contributed by atoms with Gasteiger partial charge in [0.1, 0.15) is 5.76 Å². The largest absolute Gasteiger partial charge is 0.447 e. The highest BCUT2D eigenvalue weighted by molar-refractivity contribution is 7.89. The molecule has 0 saturated carbocycles. The average Bonchev–Trinajstić information content (AvgIpc) is 2.82. The summed E-state index contributed by atoms with van der Waals surface area (Å²) >= 11 is 0. The predicted molar refractivity (Wildman–Crippen MR) is 84.6 cm³/mol. The lowest BCUT2D eigenvalue weighted by atomic mass is 10.1. The van der Waals surface area contributed by atoms with Gasteiger partial charge in [-0.2, -0.15) is 0 Å². The lowest BCUT2D eigenvalue weighted by Crippen LogP contribution is -2.35. The molecule has 21 heavy (non-hydrogen) atoms. The fraction of sp³-hybridized carbons (Fsp3) is 0.733. The molecule has 0 fully saturated rings. The highest BCUT2D eigenvalue weighted by Crippen LogP contribution is 2.16. The molecule has 5 nitrogen and oxygen atoms in total. The Kier molecular flexibility index (Phi) is 6.43. The molecule has 0 saturated heterocycles. The number of nitrogens with one attached hydrogen (secondary N) is 2. The lowest BCUT2D eigenvalue weighted by molar-refractivity contribution is 0.358. The molecule has 1 heterocycles. The zero-order valence-corrected chi connectivity index (χ0v) is 14.5. The van der Waals surface area contributed by atoms with Crippen molar-refractivity contribution in [1.82, 2.24) is 10.0 Å². The number of sulfonamides is 1. The Bertz CT molecular complexity index is 529. The second-order valence-corrected chi connectivity index (χ2v) is 8.13. The maximum Gasteiger partial charge on any atom is 0.274 e. The van der Waals surface area contributed by atoms with E-state index in [-0.39, 0.29) is 16.7 Å². The summed E-state index contributed by atoms with van der Waals surface area (Å²) in [7, 11) is -3.57. The van der Waals surface area contributed by atoms with Crippen molar-refractivity contribution in [2.45, 2.75) is 77.1 Å². The smallest absolute Gasteiger partial charge is 0.274 e. The minimum Gasteiger partial charge on any atom is -0.447 e. The molecular formula is C15H28N2O3S. The highest BCUT2D eigenvalue weighted by Gasteiger charge is 2.21. The van der Waals surface area contributed by atoms with Crippen molar-refractivity contribution >= 4 is 10.0 Å². The first kappa shape index (κ1) is 18.2. The number of unbranched alkanes of at least 4 members (excludes halogenated alkanes) is 1. The maximum absolute atomic E-state index is 12.2. The SMILES string of the molecule is CCCCC(C)NS(=O)(=O)c1ccc(CNC(C)(C)C)o1. The van der Waals surface area contributed by atoms with Gasteiger partial charge in [0.15, 0.2) is 0 Å². The van der Waals surface area contributed by atoms with Crippen LogP contribution in [0.3, 0.4) is 0 Å². The van der Waals surface area contributed by atoms with Gasteiger partial charge in [-0.3, -0.25) is 0 Å². The average molecular weight is 316 g/mol. The first-order valence-electron chi connectivity index (χ1n) is 7.50. The highest BCUT2D eigenvalue weighted by atomic mass is 32.2. The van der Waals surface area contributed by atoms with E-state index < -0.39 is 10.0 Å². The van der Waals surface area contributed by atoms with Crippen molar-refractivity contribution in [2.24, 2.45) is 0 Å². The molecule has 0 radical (unpaired) electrons. The van der Waals surface area contributed by atoms with Crippen LogP contribution in [0.15, 0.2) is 21.6 Å². The van der Waals surface area contributed by atoms with E-state index >= 15 is 0 Å². The van der Waals surface area contributed by atoms with E-state index in [0.29, 0.717) is 12.3 Å². The molecule has 0 spiro atoms. The lowest BCUT2D eigenvalue weighted by Gasteiger charge is -2.19. The third-order valence-electron chi connectivity index (χ3n) is 3.04. The molecule has 0 aliphatic heterocycles. The van der Waals surface area contributed by atoms with Gasteiger partial charge in [0.25, 0.3) is 10.0 Å². The minimum absolute atomic E-state index is 0.0171. The number of furan rings is 1. The van der Waals surface area contributed by atoms with Crippen molar-refractivity contribution in [3.63, 3.8) is 0 Å². The van der Waals surface area contributed by atoms with Gasteiger partial charge in [0.05, 0.1) is 6.54 Å². The fourth-order valence-electron chi connectivity index (χ4n) is 1.84. The Balaban J connectivity index is 2.65. The van der Waals surface area contributed by atoms with Gasteiger partial charge in [-0.1, -0.05) is 19.8 Å². The number of rotatable bonds is 8. The Morgan fingerprint density at radius 1 is 1.29 bits per heavy atom. The van der Waals surface area contributed by atoms with Gasteiger partial charge in [-0.25, -0.2) is 13.1 Å². The normalized spacial score (nSPS) is 14.3. The maximum atomic E-state index is 12.2. The van der Waals surface area contributed by atoms with Crippen LogP contribution in [0.4, 0.5) is 0 Å². The quantitative estimate of drug-likeness (QED) is 0.773. The van der Waals surface area contributed by atoms with Gasteiger partial charge in [0.2, 0.25) is 5.09 Å².